The van der Waals surface area contributed by atoms with E-state index in [1.165, 1.54) is 133 Å². The second kappa shape index (κ2) is 13.6. The minimum Gasteiger partial charge on any atom is -0.311 e. The monoisotopic (exact) mass is 927 g/mol. The van der Waals surface area contributed by atoms with Gasteiger partial charge in [0.15, 0.2) is 0 Å². The van der Waals surface area contributed by atoms with E-state index in [2.05, 4.69) is 202 Å². The predicted molar refractivity (Wildman–Crippen MR) is 296 cm³/mol. The Morgan fingerprint density at radius 3 is 1.74 bits per heavy atom. The van der Waals surface area contributed by atoms with Gasteiger partial charge in [-0.2, -0.15) is 0 Å². The molecule has 4 heteroatoms. The maximum absolute atomic E-state index is 2.84. The van der Waals surface area contributed by atoms with Crippen LogP contribution in [-0.4, -0.2) is 6.71 Å². The van der Waals surface area contributed by atoms with Crippen molar-refractivity contribution >= 4 is 78.0 Å². The van der Waals surface area contributed by atoms with Gasteiger partial charge in [0.25, 0.3) is 6.71 Å². The van der Waals surface area contributed by atoms with Crippen molar-refractivity contribution in [3.05, 3.63) is 124 Å². The average Bonchev–Trinajstić information content (AvgIpc) is 3.75. The fraction of sp³-hybridized carbons (Fsp3) is 0.508. The second-order valence-electron chi connectivity index (χ2n) is 28.8. The van der Waals surface area contributed by atoms with E-state index in [1.807, 2.05) is 0 Å². The van der Waals surface area contributed by atoms with Crippen LogP contribution in [0.25, 0.3) is 10.1 Å². The molecule has 1 aromatic heterocycles. The molecule has 0 spiro atoms. The Morgan fingerprint density at radius 2 is 1.10 bits per heavy atom. The van der Waals surface area contributed by atoms with Crippen LogP contribution >= 0.6 is 11.3 Å². The van der Waals surface area contributed by atoms with Crippen LogP contribution in [0.15, 0.2) is 91.0 Å². The Labute approximate surface area is 418 Å². The summed E-state index contributed by atoms with van der Waals surface area (Å²) in [6.45, 7) is 31.5. The molecule has 7 fully saturated rings. The number of thiophene rings is 1. The number of hydrogen-bond acceptors (Lipinski definition) is 3. The Balaban J connectivity index is 1.10. The lowest BCUT2D eigenvalue weighted by molar-refractivity contribution is -0.212. The first-order valence-electron chi connectivity index (χ1n) is 27.2. The number of hydrogen-bond donors (Lipinski definition) is 0. The number of anilines is 6. The van der Waals surface area contributed by atoms with E-state index in [0.29, 0.717) is 0 Å². The fourth-order valence-corrected chi connectivity index (χ4v) is 19.1. The molecule has 16 rings (SSSR count). The van der Waals surface area contributed by atoms with Gasteiger partial charge in [0, 0.05) is 43.3 Å². The largest absolute Gasteiger partial charge is 0.311 e. The van der Waals surface area contributed by atoms with Crippen LogP contribution in [0.1, 0.15) is 168 Å². The zero-order chi connectivity index (χ0) is 47.9. The Bertz CT molecular complexity index is 3130. The van der Waals surface area contributed by atoms with Crippen LogP contribution in [-0.2, 0) is 32.5 Å². The highest BCUT2D eigenvalue weighted by molar-refractivity contribution is 7.33. The SMILES string of the molecule is CC(C)(C)c1cccc(N2c3cc(C(C)(C)C)ccc3B3c4sc5ccc(C(C)(C)C)cc5c4N(c4ccc5c(c4)C(C)(C)CC5(C)C)c4cc([C@]56CC7C8CC9C[C@H]7C(C5)[C@H](C9)C8C6)cc2c43)c1. The molecule has 0 N–H and O–H groups in total. The first-order valence-corrected chi connectivity index (χ1v) is 28.1. The van der Waals surface area contributed by atoms with Crippen molar-refractivity contribution in [1.82, 2.24) is 0 Å². The van der Waals surface area contributed by atoms with E-state index in [0.717, 1.165) is 41.4 Å². The van der Waals surface area contributed by atoms with E-state index in [9.17, 15) is 0 Å². The Morgan fingerprint density at radius 1 is 0.536 bits per heavy atom. The van der Waals surface area contributed by atoms with Gasteiger partial charge in [0.2, 0.25) is 0 Å². The van der Waals surface area contributed by atoms with Gasteiger partial charge in [-0.3, -0.25) is 0 Å². The second-order valence-corrected chi connectivity index (χ2v) is 29.8. The molecule has 69 heavy (non-hydrogen) atoms. The molecule has 3 heterocycles. The predicted octanol–water partition coefficient (Wildman–Crippen LogP) is 15.8. The number of nitrogens with zero attached hydrogens (tertiary/aromatic N) is 2. The third-order valence-corrected chi connectivity index (χ3v) is 21.8. The van der Waals surface area contributed by atoms with Gasteiger partial charge >= 0.3 is 0 Å². The van der Waals surface area contributed by atoms with Crippen LogP contribution in [0.3, 0.4) is 0 Å². The molecule has 2 aliphatic heterocycles. The van der Waals surface area contributed by atoms with Gasteiger partial charge < -0.3 is 9.80 Å². The molecule has 0 saturated heterocycles. The smallest absolute Gasteiger partial charge is 0.264 e. The lowest BCUT2D eigenvalue weighted by Crippen LogP contribution is -2.66. The van der Waals surface area contributed by atoms with Crippen LogP contribution in [0, 0.1) is 41.4 Å². The minimum atomic E-state index is 0.00441. The quantitative estimate of drug-likeness (QED) is 0.163. The van der Waals surface area contributed by atoms with Crippen LogP contribution in [0.5, 0.6) is 0 Å². The molecule has 2 nitrogen and oxygen atoms in total. The summed E-state index contributed by atoms with van der Waals surface area (Å²) in [5, 5.41) is 1.41. The summed E-state index contributed by atoms with van der Waals surface area (Å²) in [6, 6.07) is 38.1. The molecule has 6 aromatic rings. The highest BCUT2D eigenvalue weighted by Gasteiger charge is 2.68. The molecule has 0 radical (unpaired) electrons. The van der Waals surface area contributed by atoms with E-state index in [-0.39, 0.29) is 39.2 Å². The molecule has 0 unspecified atom stereocenters. The van der Waals surface area contributed by atoms with E-state index >= 15 is 0 Å². The summed E-state index contributed by atoms with van der Waals surface area (Å²) in [5.41, 5.74) is 20.6. The highest BCUT2D eigenvalue weighted by atomic mass is 32.1. The summed E-state index contributed by atoms with van der Waals surface area (Å²) in [6.07, 6.45) is 9.92. The maximum atomic E-state index is 2.84. The third kappa shape index (κ3) is 5.97. The normalized spacial score (nSPS) is 29.5. The lowest BCUT2D eigenvalue weighted by Gasteiger charge is -2.72. The molecule has 354 valence electrons. The van der Waals surface area contributed by atoms with Crippen molar-refractivity contribution < 1.29 is 0 Å². The first-order chi connectivity index (χ1) is 32.5. The van der Waals surface area contributed by atoms with Crippen LogP contribution in [0.4, 0.5) is 34.1 Å². The summed E-state index contributed by atoms with van der Waals surface area (Å²) in [7, 11) is 0. The fourth-order valence-electron chi connectivity index (χ4n) is 17.8. The third-order valence-electron chi connectivity index (χ3n) is 20.6. The van der Waals surface area contributed by atoms with Crippen molar-refractivity contribution in [2.24, 2.45) is 41.4 Å². The molecule has 8 bridgehead atoms. The van der Waals surface area contributed by atoms with Crippen LogP contribution in [0.2, 0.25) is 0 Å². The van der Waals surface area contributed by atoms with E-state index in [1.54, 1.807) is 5.56 Å². The van der Waals surface area contributed by atoms with Gasteiger partial charge in [-0.05, 0) is 218 Å². The first kappa shape index (κ1) is 43.5. The van der Waals surface area contributed by atoms with Crippen molar-refractivity contribution in [1.29, 1.82) is 0 Å². The zero-order valence-electron chi connectivity index (χ0n) is 44.0. The summed E-state index contributed by atoms with van der Waals surface area (Å²) in [4.78, 5) is 5.61. The molecular weight excluding hydrogens is 852 g/mol. The topological polar surface area (TPSA) is 6.48 Å². The molecule has 10 aliphatic rings. The van der Waals surface area contributed by atoms with E-state index < -0.39 is 0 Å². The summed E-state index contributed by atoms with van der Waals surface area (Å²) >= 11 is 2.06. The molecule has 8 aliphatic carbocycles. The van der Waals surface area contributed by atoms with Crippen molar-refractivity contribution in [3.63, 3.8) is 0 Å². The van der Waals surface area contributed by atoms with E-state index in [4.69, 9.17) is 0 Å². The van der Waals surface area contributed by atoms with Crippen molar-refractivity contribution in [3.8, 4) is 0 Å². The zero-order valence-corrected chi connectivity index (χ0v) is 44.8. The van der Waals surface area contributed by atoms with Crippen LogP contribution < -0.4 is 25.5 Å². The lowest BCUT2D eigenvalue weighted by atomic mass is 9.32. The van der Waals surface area contributed by atoms with Gasteiger partial charge in [-0.1, -0.05) is 126 Å². The maximum Gasteiger partial charge on any atom is 0.264 e. The molecule has 7 saturated carbocycles. The van der Waals surface area contributed by atoms with Gasteiger partial charge in [0.05, 0.1) is 5.69 Å². The van der Waals surface area contributed by atoms with Gasteiger partial charge in [-0.15, -0.1) is 11.3 Å². The minimum absolute atomic E-state index is 0.00441. The molecule has 5 aromatic carbocycles. The number of rotatable bonds is 3. The highest BCUT2D eigenvalue weighted by Crippen LogP contribution is 2.75. The number of fused-ring (bicyclic) bond motifs is 7. The summed E-state index contributed by atoms with van der Waals surface area (Å²) in [5.74, 6) is 6.67. The molecule has 0 atom stereocenters. The Kier molecular flexibility index (Phi) is 8.58. The standard InChI is InChI=1S/C65H75BN2S/c1-60(2,3)37-15-14-16-41(26-37)67-53-28-39(62(7,8)9)17-21-52(53)66-57-54(67)29-40(65-32-47-43-23-36-24-44(47)49(34-65)45(25-36)48(43)33-65)30-55(57)68(42-19-20-50-51(31-42)64(12,13)35-63(50,10)11)58-46-27-38(61(4,5)6)18-22-56(46)69-59(58)66/h14-22,26-31,36,43-45,47-49H,23-25,32-35H2,1-13H3/t36?,43-,44-,45?,47?,48?,49?,65-/m0/s1. The average molecular weight is 927 g/mol. The molecule has 0 amide bonds. The van der Waals surface area contributed by atoms with Crippen molar-refractivity contribution in [2.45, 2.75) is 167 Å². The number of benzene rings is 5. The molecular formula is C65H75BN2S. The summed E-state index contributed by atoms with van der Waals surface area (Å²) < 4.78 is 2.89. The van der Waals surface area contributed by atoms with Crippen molar-refractivity contribution in [2.75, 3.05) is 9.80 Å². The van der Waals surface area contributed by atoms with Gasteiger partial charge in [0.1, 0.15) is 0 Å². The Hall–Kier alpha value is -4.28. The van der Waals surface area contributed by atoms with Gasteiger partial charge in [-0.25, -0.2) is 0 Å².